The van der Waals surface area contributed by atoms with Crippen molar-refractivity contribution in [1.82, 2.24) is 10.9 Å². The van der Waals surface area contributed by atoms with Gasteiger partial charge in [-0.1, -0.05) is 16.8 Å². The van der Waals surface area contributed by atoms with Crippen molar-refractivity contribution in [3.05, 3.63) is 58.6 Å². The third-order valence-corrected chi connectivity index (χ3v) is 3.54. The highest BCUT2D eigenvalue weighted by Gasteiger charge is 2.13. The second-order valence-corrected chi connectivity index (χ2v) is 5.56. The molecule has 0 saturated heterocycles. The predicted octanol–water partition coefficient (Wildman–Crippen LogP) is 2.17. The Kier molecular flexibility index (Phi) is 7.45. The highest BCUT2D eigenvalue weighted by atomic mass is 35.5. The number of methoxy groups -OCH3 is 2. The van der Waals surface area contributed by atoms with Crippen molar-refractivity contribution in [1.29, 1.82) is 0 Å². The average molecular weight is 392 g/mol. The Labute approximate surface area is 161 Å². The largest absolute Gasteiger partial charge is 0.497 e. The van der Waals surface area contributed by atoms with Gasteiger partial charge in [0, 0.05) is 5.02 Å². The Hall–Kier alpha value is -3.26. The quantitative estimate of drug-likeness (QED) is 0.556. The zero-order valence-electron chi connectivity index (χ0n) is 14.7. The lowest BCUT2D eigenvalue weighted by Crippen LogP contribution is -2.43. The lowest BCUT2D eigenvalue weighted by molar-refractivity contribution is -0.126. The van der Waals surface area contributed by atoms with Crippen LogP contribution in [-0.2, 0) is 9.63 Å². The van der Waals surface area contributed by atoms with Crippen molar-refractivity contribution in [3.8, 4) is 11.5 Å². The molecule has 0 aromatic heterocycles. The molecule has 0 spiro atoms. The van der Waals surface area contributed by atoms with E-state index >= 15 is 0 Å². The molecule has 0 aliphatic carbocycles. The van der Waals surface area contributed by atoms with Crippen LogP contribution >= 0.6 is 11.6 Å². The van der Waals surface area contributed by atoms with Crippen LogP contribution in [0.15, 0.2) is 47.6 Å². The number of rotatable bonds is 7. The Morgan fingerprint density at radius 3 is 2.48 bits per heavy atom. The van der Waals surface area contributed by atoms with Gasteiger partial charge in [0.05, 0.1) is 26.0 Å². The number of nitrogens with zero attached hydrogens (tertiary/aromatic N) is 1. The summed E-state index contributed by atoms with van der Waals surface area (Å²) in [6.07, 6.45) is 1.45. The second-order valence-electron chi connectivity index (χ2n) is 5.13. The van der Waals surface area contributed by atoms with Gasteiger partial charge in [-0.3, -0.25) is 20.4 Å². The van der Waals surface area contributed by atoms with E-state index in [1.54, 1.807) is 43.5 Å². The van der Waals surface area contributed by atoms with E-state index in [2.05, 4.69) is 16.0 Å². The smallest absolute Gasteiger partial charge is 0.279 e. The first kappa shape index (κ1) is 20.1. The fraction of sp³-hybridized carbons (Fsp3) is 0.167. The van der Waals surface area contributed by atoms with Gasteiger partial charge in [-0.05, 0) is 48.0 Å². The molecule has 0 aliphatic heterocycles. The van der Waals surface area contributed by atoms with Crippen molar-refractivity contribution in [3.63, 3.8) is 0 Å². The van der Waals surface area contributed by atoms with Gasteiger partial charge < -0.3 is 14.3 Å². The van der Waals surface area contributed by atoms with E-state index in [1.807, 2.05) is 0 Å². The zero-order chi connectivity index (χ0) is 19.6. The minimum Gasteiger partial charge on any atom is -0.497 e. The van der Waals surface area contributed by atoms with Crippen LogP contribution in [0.4, 0.5) is 0 Å². The molecule has 0 aliphatic rings. The molecule has 142 valence electrons. The second kappa shape index (κ2) is 10.0. The van der Waals surface area contributed by atoms with E-state index < -0.39 is 11.8 Å². The first-order chi connectivity index (χ1) is 13.0. The first-order valence-corrected chi connectivity index (χ1v) is 8.13. The number of nitrogens with one attached hydrogen (secondary N) is 2. The van der Waals surface area contributed by atoms with E-state index in [4.69, 9.17) is 25.9 Å². The summed E-state index contributed by atoms with van der Waals surface area (Å²) < 4.78 is 10.1. The Morgan fingerprint density at radius 1 is 1.07 bits per heavy atom. The number of hydrazine groups is 1. The molecule has 27 heavy (non-hydrogen) atoms. The number of halogens is 1. The molecule has 0 unspecified atom stereocenters. The molecule has 2 aromatic rings. The van der Waals surface area contributed by atoms with Crippen LogP contribution in [0.2, 0.25) is 5.02 Å². The molecule has 0 atom stereocenters. The van der Waals surface area contributed by atoms with Crippen molar-refractivity contribution >= 4 is 29.6 Å². The summed E-state index contributed by atoms with van der Waals surface area (Å²) in [6, 6.07) is 11.7. The zero-order valence-corrected chi connectivity index (χ0v) is 15.4. The molecule has 8 nitrogen and oxygen atoms in total. The summed E-state index contributed by atoms with van der Waals surface area (Å²) in [4.78, 5) is 28.7. The van der Waals surface area contributed by atoms with Crippen LogP contribution in [0.1, 0.15) is 15.9 Å². The van der Waals surface area contributed by atoms with Gasteiger partial charge in [0.2, 0.25) is 0 Å². The normalized spacial score (nSPS) is 10.3. The summed E-state index contributed by atoms with van der Waals surface area (Å²) in [5.41, 5.74) is 5.42. The Morgan fingerprint density at radius 2 is 1.81 bits per heavy atom. The minimum absolute atomic E-state index is 0.184. The average Bonchev–Trinajstić information content (AvgIpc) is 2.69. The van der Waals surface area contributed by atoms with Gasteiger partial charge >= 0.3 is 0 Å². The van der Waals surface area contributed by atoms with E-state index in [9.17, 15) is 9.59 Å². The molecule has 0 heterocycles. The Balaban J connectivity index is 1.78. The predicted molar refractivity (Wildman–Crippen MR) is 100 cm³/mol. The number of carbonyl (C=O) groups is 2. The van der Waals surface area contributed by atoms with Crippen LogP contribution in [-0.4, -0.2) is 38.9 Å². The fourth-order valence-corrected chi connectivity index (χ4v) is 2.14. The summed E-state index contributed by atoms with van der Waals surface area (Å²) in [7, 11) is 3.00. The van der Waals surface area contributed by atoms with Gasteiger partial charge in [-0.2, -0.15) is 0 Å². The van der Waals surface area contributed by atoms with Gasteiger partial charge in [0.15, 0.2) is 6.61 Å². The molecular weight excluding hydrogens is 374 g/mol. The van der Waals surface area contributed by atoms with Gasteiger partial charge in [-0.15, -0.1) is 0 Å². The SMILES string of the molecule is COc1ccc(/C=N\OCC(=O)NNC(=O)c2cc(Cl)ccc2OC)cc1. The molecule has 2 amide bonds. The lowest BCUT2D eigenvalue weighted by atomic mass is 10.2. The fourth-order valence-electron chi connectivity index (χ4n) is 1.97. The van der Waals surface area contributed by atoms with E-state index in [1.165, 1.54) is 19.4 Å². The molecule has 2 N–H and O–H groups in total. The summed E-state index contributed by atoms with van der Waals surface area (Å²) >= 11 is 5.87. The van der Waals surface area contributed by atoms with E-state index in [0.29, 0.717) is 10.8 Å². The van der Waals surface area contributed by atoms with Crippen LogP contribution in [0.3, 0.4) is 0 Å². The van der Waals surface area contributed by atoms with Crippen LogP contribution in [0.5, 0.6) is 11.5 Å². The molecule has 9 heteroatoms. The summed E-state index contributed by atoms with van der Waals surface area (Å²) in [6.45, 7) is -0.375. The number of hydrogen-bond acceptors (Lipinski definition) is 6. The molecule has 0 fully saturated rings. The molecule has 0 saturated carbocycles. The number of benzene rings is 2. The van der Waals surface area contributed by atoms with Gasteiger partial charge in [0.1, 0.15) is 11.5 Å². The Bertz CT molecular complexity index is 824. The van der Waals surface area contributed by atoms with Crippen LogP contribution in [0.25, 0.3) is 0 Å². The molecular formula is C18H18ClN3O5. The monoisotopic (exact) mass is 391 g/mol. The maximum absolute atomic E-state index is 12.1. The third kappa shape index (κ3) is 6.19. The maximum atomic E-state index is 12.1. The maximum Gasteiger partial charge on any atom is 0.279 e. The number of oxime groups is 1. The number of ether oxygens (including phenoxy) is 2. The molecule has 0 radical (unpaired) electrons. The minimum atomic E-state index is -0.587. The summed E-state index contributed by atoms with van der Waals surface area (Å²) in [5.74, 6) is -0.119. The highest BCUT2D eigenvalue weighted by Crippen LogP contribution is 2.22. The van der Waals surface area contributed by atoms with Crippen LogP contribution in [0, 0.1) is 0 Å². The standard InChI is InChI=1S/C18H18ClN3O5/c1-25-14-6-3-12(4-7-14)10-20-27-11-17(23)21-22-18(24)15-9-13(19)5-8-16(15)26-2/h3-10H,11H2,1-2H3,(H,21,23)(H,22,24)/b20-10-. The third-order valence-electron chi connectivity index (χ3n) is 3.31. The summed E-state index contributed by atoms with van der Waals surface area (Å²) in [5, 5.41) is 4.05. The highest BCUT2D eigenvalue weighted by molar-refractivity contribution is 6.31. The number of amides is 2. The molecule has 0 bridgehead atoms. The number of hydrogen-bond donors (Lipinski definition) is 2. The molecule has 2 aromatic carbocycles. The molecule has 2 rings (SSSR count). The first-order valence-electron chi connectivity index (χ1n) is 7.75. The van der Waals surface area contributed by atoms with Crippen molar-refractivity contribution in [2.75, 3.05) is 20.8 Å². The van der Waals surface area contributed by atoms with Crippen molar-refractivity contribution in [2.45, 2.75) is 0 Å². The van der Waals surface area contributed by atoms with Crippen molar-refractivity contribution < 1.29 is 23.9 Å². The van der Waals surface area contributed by atoms with E-state index in [0.717, 1.165) is 11.3 Å². The van der Waals surface area contributed by atoms with Gasteiger partial charge in [-0.25, -0.2) is 0 Å². The number of carbonyl (C=O) groups excluding carboxylic acids is 2. The van der Waals surface area contributed by atoms with Gasteiger partial charge in [0.25, 0.3) is 11.8 Å². The van der Waals surface area contributed by atoms with Crippen LogP contribution < -0.4 is 20.3 Å². The van der Waals surface area contributed by atoms with E-state index in [-0.39, 0.29) is 12.2 Å². The lowest BCUT2D eigenvalue weighted by Gasteiger charge is -2.10. The van der Waals surface area contributed by atoms with Crippen molar-refractivity contribution in [2.24, 2.45) is 5.16 Å². The topological polar surface area (TPSA) is 98.3 Å².